The summed E-state index contributed by atoms with van der Waals surface area (Å²) in [5.41, 5.74) is 3.57. The van der Waals surface area contributed by atoms with E-state index in [1.807, 2.05) is 61.7 Å². The van der Waals surface area contributed by atoms with E-state index in [0.717, 1.165) is 16.8 Å². The van der Waals surface area contributed by atoms with E-state index < -0.39 is 0 Å². The molecule has 3 rings (SSSR count). The third-order valence-corrected chi connectivity index (χ3v) is 5.43. The average Bonchev–Trinajstić information content (AvgIpc) is 3.13. The van der Waals surface area contributed by atoms with Crippen LogP contribution in [-0.2, 0) is 17.9 Å². The molecule has 0 radical (unpaired) electrons. The van der Waals surface area contributed by atoms with E-state index >= 15 is 0 Å². The van der Waals surface area contributed by atoms with Crippen molar-refractivity contribution in [3.63, 3.8) is 0 Å². The number of amides is 2. The minimum Gasteiger partial charge on any atom is -0.345 e. The van der Waals surface area contributed by atoms with Crippen LogP contribution in [0.15, 0.2) is 53.7 Å². The largest absolute Gasteiger partial charge is 0.345 e. The highest BCUT2D eigenvalue weighted by Crippen LogP contribution is 2.18. The van der Waals surface area contributed by atoms with E-state index in [1.54, 1.807) is 12.1 Å². The van der Waals surface area contributed by atoms with Crippen molar-refractivity contribution < 1.29 is 9.59 Å². The van der Waals surface area contributed by atoms with Crippen molar-refractivity contribution in [1.29, 1.82) is 0 Å². The molecule has 0 aliphatic heterocycles. The molecule has 3 aromatic rings. The molecule has 1 aromatic heterocycles. The molecule has 156 valence electrons. The molecule has 0 unspecified atom stereocenters. The molecule has 1 heterocycles. The molecule has 8 heteroatoms. The van der Waals surface area contributed by atoms with Crippen LogP contribution < -0.4 is 10.6 Å². The molecule has 2 amide bonds. The average molecular weight is 424 g/mol. The lowest BCUT2D eigenvalue weighted by Gasteiger charge is -2.09. The predicted octanol–water partition coefficient (Wildman–Crippen LogP) is 3.58. The van der Waals surface area contributed by atoms with Crippen molar-refractivity contribution in [3.05, 3.63) is 71.0 Å². The normalized spacial score (nSPS) is 10.6. The summed E-state index contributed by atoms with van der Waals surface area (Å²) in [5, 5.41) is 14.8. The molecular weight excluding hydrogens is 398 g/mol. The van der Waals surface area contributed by atoms with Crippen molar-refractivity contribution in [2.45, 2.75) is 39.0 Å². The molecule has 30 heavy (non-hydrogen) atoms. The fourth-order valence-electron chi connectivity index (χ4n) is 2.89. The summed E-state index contributed by atoms with van der Waals surface area (Å²) in [4.78, 5) is 24.6. The van der Waals surface area contributed by atoms with Gasteiger partial charge in [-0.1, -0.05) is 41.6 Å². The Bertz CT molecular complexity index is 1030. The quantitative estimate of drug-likeness (QED) is 0.541. The second-order valence-electron chi connectivity index (χ2n) is 6.90. The van der Waals surface area contributed by atoms with Crippen LogP contribution >= 0.6 is 11.8 Å². The lowest BCUT2D eigenvalue weighted by molar-refractivity contribution is -0.113. The number of anilines is 1. The summed E-state index contributed by atoms with van der Waals surface area (Å²) in [6, 6.07) is 15.1. The molecular formula is C22H25N5O2S. The number of thioether (sulfide) groups is 1. The molecule has 0 atom stereocenters. The second-order valence-corrected chi connectivity index (χ2v) is 7.84. The number of carbonyl (C=O) groups excluding carboxylic acids is 2. The maximum Gasteiger partial charge on any atom is 0.251 e. The third-order valence-electron chi connectivity index (χ3n) is 4.46. The number of carbonyl (C=O) groups is 2. The van der Waals surface area contributed by atoms with E-state index in [-0.39, 0.29) is 24.1 Å². The van der Waals surface area contributed by atoms with E-state index in [2.05, 4.69) is 20.8 Å². The predicted molar refractivity (Wildman–Crippen MR) is 119 cm³/mol. The van der Waals surface area contributed by atoms with Gasteiger partial charge in [-0.3, -0.25) is 9.59 Å². The van der Waals surface area contributed by atoms with Crippen LogP contribution in [0.25, 0.3) is 0 Å². The van der Waals surface area contributed by atoms with Crippen molar-refractivity contribution in [2.24, 2.45) is 0 Å². The van der Waals surface area contributed by atoms with Crippen LogP contribution in [-0.4, -0.2) is 32.3 Å². The third kappa shape index (κ3) is 5.70. The van der Waals surface area contributed by atoms with Gasteiger partial charge in [0.05, 0.1) is 12.3 Å². The van der Waals surface area contributed by atoms with Crippen LogP contribution in [0.1, 0.15) is 34.2 Å². The zero-order valence-corrected chi connectivity index (χ0v) is 18.1. The first kappa shape index (κ1) is 21.6. The number of nitrogens with one attached hydrogen (secondary N) is 2. The summed E-state index contributed by atoms with van der Waals surface area (Å²) in [6.07, 6.45) is 0. The fraction of sp³-hybridized carbons (Fsp3) is 0.273. The minimum absolute atomic E-state index is 0.106. The van der Waals surface area contributed by atoms with Gasteiger partial charge in [-0.15, -0.1) is 10.2 Å². The molecule has 2 N–H and O–H groups in total. The number of benzene rings is 2. The monoisotopic (exact) mass is 423 g/mol. The Hall–Kier alpha value is -3.13. The highest BCUT2D eigenvalue weighted by atomic mass is 32.2. The minimum atomic E-state index is -0.160. The van der Waals surface area contributed by atoms with Crippen LogP contribution in [0.2, 0.25) is 0 Å². The van der Waals surface area contributed by atoms with E-state index in [0.29, 0.717) is 23.1 Å². The Morgan fingerprint density at radius 1 is 1.03 bits per heavy atom. The Balaban J connectivity index is 1.56. The van der Waals surface area contributed by atoms with Crippen molar-refractivity contribution in [1.82, 2.24) is 20.1 Å². The first-order chi connectivity index (χ1) is 14.5. The summed E-state index contributed by atoms with van der Waals surface area (Å²) >= 11 is 1.32. The van der Waals surface area contributed by atoms with Crippen LogP contribution in [0.3, 0.4) is 0 Å². The van der Waals surface area contributed by atoms with Crippen LogP contribution in [0.4, 0.5) is 5.69 Å². The van der Waals surface area contributed by atoms with Gasteiger partial charge >= 0.3 is 0 Å². The summed E-state index contributed by atoms with van der Waals surface area (Å²) in [7, 11) is 0. The lowest BCUT2D eigenvalue weighted by atomic mass is 10.1. The van der Waals surface area contributed by atoms with E-state index in [1.165, 1.54) is 11.8 Å². The Morgan fingerprint density at radius 3 is 2.50 bits per heavy atom. The molecule has 7 nitrogen and oxygen atoms in total. The van der Waals surface area contributed by atoms with Crippen LogP contribution in [0, 0.1) is 13.8 Å². The highest BCUT2D eigenvalue weighted by molar-refractivity contribution is 7.99. The van der Waals surface area contributed by atoms with Gasteiger partial charge in [0.1, 0.15) is 0 Å². The van der Waals surface area contributed by atoms with Gasteiger partial charge < -0.3 is 15.2 Å². The fourth-order valence-corrected chi connectivity index (χ4v) is 3.71. The molecule has 0 saturated carbocycles. The first-order valence-corrected chi connectivity index (χ1v) is 10.7. The lowest BCUT2D eigenvalue weighted by Crippen LogP contribution is -2.24. The Kier molecular flexibility index (Phi) is 7.24. The standard InChI is InChI=1S/C22H25N5O2S/c1-4-27-19(13-23-21(29)17-10-8-15(2)9-11-17)25-26-22(27)30-14-20(28)24-18-7-5-6-16(3)12-18/h5-12H,4,13-14H2,1-3H3,(H,23,29)(H,24,28). The van der Waals surface area contributed by atoms with Gasteiger partial charge in [0.25, 0.3) is 5.91 Å². The maximum absolute atomic E-state index is 12.3. The molecule has 0 bridgehead atoms. The number of aryl methyl sites for hydroxylation is 2. The number of hydrogen-bond donors (Lipinski definition) is 2. The van der Waals surface area contributed by atoms with Gasteiger partial charge in [-0.2, -0.15) is 0 Å². The number of rotatable bonds is 8. The smallest absolute Gasteiger partial charge is 0.251 e. The number of aromatic nitrogens is 3. The number of hydrogen-bond acceptors (Lipinski definition) is 5. The van der Waals surface area contributed by atoms with Gasteiger partial charge in [-0.05, 0) is 50.6 Å². The maximum atomic E-state index is 12.3. The first-order valence-electron chi connectivity index (χ1n) is 9.72. The topological polar surface area (TPSA) is 88.9 Å². The second kappa shape index (κ2) is 10.1. The highest BCUT2D eigenvalue weighted by Gasteiger charge is 2.14. The van der Waals surface area contributed by atoms with Crippen LogP contribution in [0.5, 0.6) is 0 Å². The SMILES string of the molecule is CCn1c(CNC(=O)c2ccc(C)cc2)nnc1SCC(=O)Nc1cccc(C)c1. The van der Waals surface area contributed by atoms with Crippen molar-refractivity contribution in [2.75, 3.05) is 11.1 Å². The van der Waals surface area contributed by atoms with E-state index in [9.17, 15) is 9.59 Å². The molecule has 0 aliphatic carbocycles. The summed E-state index contributed by atoms with van der Waals surface area (Å²) < 4.78 is 1.90. The molecule has 2 aromatic carbocycles. The zero-order valence-electron chi connectivity index (χ0n) is 17.3. The van der Waals surface area contributed by atoms with Gasteiger partial charge in [0, 0.05) is 17.8 Å². The molecule has 0 spiro atoms. The Morgan fingerprint density at radius 2 is 1.80 bits per heavy atom. The summed E-state index contributed by atoms with van der Waals surface area (Å²) in [5.74, 6) is 0.611. The molecule has 0 aliphatic rings. The molecule has 0 saturated heterocycles. The van der Waals surface area contributed by atoms with E-state index in [4.69, 9.17) is 0 Å². The molecule has 0 fully saturated rings. The Labute approximate surface area is 180 Å². The summed E-state index contributed by atoms with van der Waals surface area (Å²) in [6.45, 7) is 6.85. The van der Waals surface area contributed by atoms with Crippen molar-refractivity contribution >= 4 is 29.3 Å². The van der Waals surface area contributed by atoms with Gasteiger partial charge in [-0.25, -0.2) is 0 Å². The zero-order chi connectivity index (χ0) is 21.5. The number of nitrogens with zero attached hydrogens (tertiary/aromatic N) is 3. The van der Waals surface area contributed by atoms with Crippen molar-refractivity contribution in [3.8, 4) is 0 Å². The van der Waals surface area contributed by atoms with Gasteiger partial charge in [0.2, 0.25) is 5.91 Å². The van der Waals surface area contributed by atoms with Gasteiger partial charge in [0.15, 0.2) is 11.0 Å².